The van der Waals surface area contributed by atoms with Crippen LogP contribution >= 0.6 is 0 Å². The number of carbonyl (C=O) groups is 2. The molecule has 2 aromatic rings. The summed E-state index contributed by atoms with van der Waals surface area (Å²) < 4.78 is 7.49. The van der Waals surface area contributed by atoms with Crippen LogP contribution in [0.2, 0.25) is 0 Å². The molecule has 2 aliphatic rings. The molecule has 0 bridgehead atoms. The average molecular weight is 372 g/mol. The number of aliphatic hydroxyl groups is 1. The van der Waals surface area contributed by atoms with E-state index in [-0.39, 0.29) is 18.6 Å². The van der Waals surface area contributed by atoms with Crippen LogP contribution in [0.4, 0.5) is 4.79 Å². The van der Waals surface area contributed by atoms with E-state index in [4.69, 9.17) is 9.84 Å². The number of ether oxygens (including phenoxy) is 1. The average Bonchev–Trinajstić information content (AvgIpc) is 3.22. The van der Waals surface area contributed by atoms with Crippen molar-refractivity contribution in [3.05, 3.63) is 30.1 Å². The standard InChI is InChI=1S/C19H24N4O4/c1-2-21-12-19(27-18(21)26)5-7-22(8-6-19)17(25)14-3-4-16-15(11-14)20-13-23(16)9-10-24/h3-4,11,13,24H,2,5-10,12H2,1H3. The number of likely N-dealkylation sites (tertiary alicyclic amines) is 1. The van der Waals surface area contributed by atoms with Crippen molar-refractivity contribution in [2.45, 2.75) is 31.9 Å². The first-order chi connectivity index (χ1) is 13.0. The molecule has 4 rings (SSSR count). The molecule has 0 aliphatic carbocycles. The first kappa shape index (κ1) is 17.8. The van der Waals surface area contributed by atoms with Crippen LogP contribution in [0.1, 0.15) is 30.1 Å². The predicted molar refractivity (Wildman–Crippen MR) is 98.4 cm³/mol. The van der Waals surface area contributed by atoms with Crippen LogP contribution in [0.25, 0.3) is 11.0 Å². The summed E-state index contributed by atoms with van der Waals surface area (Å²) in [5.41, 5.74) is 1.80. The number of piperidine rings is 1. The fraction of sp³-hybridized carbons (Fsp3) is 0.526. The summed E-state index contributed by atoms with van der Waals surface area (Å²) >= 11 is 0. The number of amides is 2. The van der Waals surface area contributed by atoms with Gasteiger partial charge in [-0.3, -0.25) is 4.79 Å². The Balaban J connectivity index is 1.45. The number of fused-ring (bicyclic) bond motifs is 1. The van der Waals surface area contributed by atoms with Crippen molar-refractivity contribution in [2.75, 3.05) is 32.8 Å². The highest BCUT2D eigenvalue weighted by Crippen LogP contribution is 2.33. The fourth-order valence-electron chi connectivity index (χ4n) is 3.98. The van der Waals surface area contributed by atoms with Gasteiger partial charge in [-0.15, -0.1) is 0 Å². The number of likely N-dealkylation sites (N-methyl/N-ethyl adjacent to an activating group) is 1. The molecule has 2 saturated heterocycles. The topological polar surface area (TPSA) is 87.9 Å². The van der Waals surface area contributed by atoms with Gasteiger partial charge in [0.25, 0.3) is 5.91 Å². The smallest absolute Gasteiger partial charge is 0.410 e. The Morgan fingerprint density at radius 3 is 2.78 bits per heavy atom. The number of hydrogen-bond acceptors (Lipinski definition) is 5. The quantitative estimate of drug-likeness (QED) is 0.878. The van der Waals surface area contributed by atoms with E-state index in [9.17, 15) is 9.59 Å². The van der Waals surface area contributed by atoms with Gasteiger partial charge < -0.3 is 24.2 Å². The van der Waals surface area contributed by atoms with Gasteiger partial charge in [-0.05, 0) is 25.1 Å². The van der Waals surface area contributed by atoms with Gasteiger partial charge in [0.1, 0.15) is 5.60 Å². The monoisotopic (exact) mass is 372 g/mol. The second kappa shape index (κ2) is 6.84. The molecule has 8 nitrogen and oxygen atoms in total. The SMILES string of the molecule is CCN1CC2(CCN(C(=O)c3ccc4c(c3)ncn4CCO)CC2)OC1=O. The Hall–Kier alpha value is -2.61. The molecule has 0 unspecified atom stereocenters. The zero-order chi connectivity index (χ0) is 19.0. The van der Waals surface area contributed by atoms with Crippen molar-refractivity contribution < 1.29 is 19.4 Å². The lowest BCUT2D eigenvalue weighted by Crippen LogP contribution is -2.48. The minimum Gasteiger partial charge on any atom is -0.441 e. The van der Waals surface area contributed by atoms with Crippen LogP contribution in [-0.4, -0.2) is 74.8 Å². The van der Waals surface area contributed by atoms with Gasteiger partial charge in [-0.2, -0.15) is 0 Å². The van der Waals surface area contributed by atoms with Crippen molar-refractivity contribution in [2.24, 2.45) is 0 Å². The van der Waals surface area contributed by atoms with Crippen molar-refractivity contribution in [3.63, 3.8) is 0 Å². The number of carbonyl (C=O) groups excluding carboxylic acids is 2. The van der Waals surface area contributed by atoms with E-state index >= 15 is 0 Å². The lowest BCUT2D eigenvalue weighted by Gasteiger charge is -2.37. The van der Waals surface area contributed by atoms with Crippen LogP contribution in [0.15, 0.2) is 24.5 Å². The molecule has 3 heterocycles. The Kier molecular flexibility index (Phi) is 4.51. The van der Waals surface area contributed by atoms with Crippen LogP contribution in [-0.2, 0) is 11.3 Å². The van der Waals surface area contributed by atoms with E-state index in [1.165, 1.54) is 0 Å². The second-order valence-electron chi connectivity index (χ2n) is 7.22. The van der Waals surface area contributed by atoms with E-state index < -0.39 is 5.60 Å². The normalized spacial score (nSPS) is 19.1. The largest absolute Gasteiger partial charge is 0.441 e. The zero-order valence-electron chi connectivity index (χ0n) is 15.4. The van der Waals surface area contributed by atoms with Crippen LogP contribution in [0, 0.1) is 0 Å². The molecule has 2 aliphatic heterocycles. The van der Waals surface area contributed by atoms with Crippen molar-refractivity contribution in [1.82, 2.24) is 19.4 Å². The number of rotatable bonds is 4. The first-order valence-corrected chi connectivity index (χ1v) is 9.38. The number of benzene rings is 1. The maximum Gasteiger partial charge on any atom is 0.410 e. The molecule has 0 saturated carbocycles. The highest BCUT2D eigenvalue weighted by atomic mass is 16.6. The van der Waals surface area contributed by atoms with Crippen LogP contribution in [0.3, 0.4) is 0 Å². The molecule has 1 spiro atoms. The third-order valence-electron chi connectivity index (χ3n) is 5.59. The lowest BCUT2D eigenvalue weighted by atomic mass is 9.91. The third kappa shape index (κ3) is 3.14. The van der Waals surface area contributed by atoms with Gasteiger partial charge in [0.2, 0.25) is 0 Å². The van der Waals surface area contributed by atoms with Crippen molar-refractivity contribution in [3.8, 4) is 0 Å². The highest BCUT2D eigenvalue weighted by Gasteiger charge is 2.47. The summed E-state index contributed by atoms with van der Waals surface area (Å²) in [6.07, 6.45) is 2.75. The lowest BCUT2D eigenvalue weighted by molar-refractivity contribution is 0.00314. The van der Waals surface area contributed by atoms with E-state index in [1.54, 1.807) is 23.4 Å². The highest BCUT2D eigenvalue weighted by molar-refractivity contribution is 5.97. The molecular formula is C19H24N4O4. The van der Waals surface area contributed by atoms with Gasteiger partial charge in [0, 0.05) is 44.6 Å². The van der Waals surface area contributed by atoms with Crippen molar-refractivity contribution in [1.29, 1.82) is 0 Å². The summed E-state index contributed by atoms with van der Waals surface area (Å²) in [7, 11) is 0. The second-order valence-corrected chi connectivity index (χ2v) is 7.22. The summed E-state index contributed by atoms with van der Waals surface area (Å²) in [5.74, 6) is -0.0277. The molecule has 8 heteroatoms. The molecule has 1 aromatic carbocycles. The Bertz CT molecular complexity index is 870. The van der Waals surface area contributed by atoms with E-state index in [0.717, 1.165) is 11.0 Å². The Morgan fingerprint density at radius 1 is 1.33 bits per heavy atom. The molecule has 144 valence electrons. The number of aromatic nitrogens is 2. The summed E-state index contributed by atoms with van der Waals surface area (Å²) in [6, 6.07) is 5.47. The van der Waals surface area contributed by atoms with Gasteiger partial charge in [0.15, 0.2) is 0 Å². The van der Waals surface area contributed by atoms with Gasteiger partial charge in [0.05, 0.1) is 30.5 Å². The van der Waals surface area contributed by atoms with E-state index in [0.29, 0.717) is 51.1 Å². The number of nitrogens with zero attached hydrogens (tertiary/aromatic N) is 4. The van der Waals surface area contributed by atoms with Gasteiger partial charge in [-0.1, -0.05) is 0 Å². The van der Waals surface area contributed by atoms with Crippen LogP contribution < -0.4 is 0 Å². The molecule has 1 aromatic heterocycles. The fourth-order valence-corrected chi connectivity index (χ4v) is 3.98. The van der Waals surface area contributed by atoms with Crippen molar-refractivity contribution >= 4 is 23.0 Å². The molecule has 0 radical (unpaired) electrons. The molecule has 0 atom stereocenters. The van der Waals surface area contributed by atoms with Crippen LogP contribution in [0.5, 0.6) is 0 Å². The maximum absolute atomic E-state index is 12.9. The Labute approximate surface area is 157 Å². The minimum absolute atomic E-state index is 0.0277. The molecule has 27 heavy (non-hydrogen) atoms. The van der Waals surface area contributed by atoms with E-state index in [2.05, 4.69) is 4.98 Å². The predicted octanol–water partition coefficient (Wildman–Crippen LogP) is 1.48. The maximum atomic E-state index is 12.9. The minimum atomic E-state index is -0.448. The number of aliphatic hydroxyl groups excluding tert-OH is 1. The molecule has 2 fully saturated rings. The zero-order valence-corrected chi connectivity index (χ0v) is 15.4. The number of hydrogen-bond donors (Lipinski definition) is 1. The Morgan fingerprint density at radius 2 is 2.11 bits per heavy atom. The van der Waals surface area contributed by atoms with Gasteiger partial charge in [-0.25, -0.2) is 9.78 Å². The molecule has 2 amide bonds. The van der Waals surface area contributed by atoms with E-state index in [1.807, 2.05) is 22.5 Å². The summed E-state index contributed by atoms with van der Waals surface area (Å²) in [4.78, 5) is 32.6. The third-order valence-corrected chi connectivity index (χ3v) is 5.59. The summed E-state index contributed by atoms with van der Waals surface area (Å²) in [6.45, 7) is 4.86. The number of imidazole rings is 1. The first-order valence-electron chi connectivity index (χ1n) is 9.38. The summed E-state index contributed by atoms with van der Waals surface area (Å²) in [5, 5.41) is 9.10. The molecular weight excluding hydrogens is 348 g/mol. The van der Waals surface area contributed by atoms with Gasteiger partial charge >= 0.3 is 6.09 Å². The molecule has 1 N–H and O–H groups in total.